The first-order valence-electron chi connectivity index (χ1n) is 9.08. The third kappa shape index (κ3) is 3.82. The van der Waals surface area contributed by atoms with Gasteiger partial charge in [-0.1, -0.05) is 42.5 Å². The van der Waals surface area contributed by atoms with Crippen molar-refractivity contribution in [2.45, 2.75) is 25.3 Å². The number of nitrogens with zero attached hydrogens (tertiary/aromatic N) is 3. The summed E-state index contributed by atoms with van der Waals surface area (Å²) in [5, 5.41) is 3.37. The molecule has 2 heterocycles. The van der Waals surface area contributed by atoms with Crippen LogP contribution in [0.3, 0.4) is 0 Å². The summed E-state index contributed by atoms with van der Waals surface area (Å²) in [5.74, 6) is 0.942. The molecule has 1 aliphatic rings. The predicted molar refractivity (Wildman–Crippen MR) is 103 cm³/mol. The van der Waals surface area contributed by atoms with E-state index in [4.69, 9.17) is 0 Å². The standard InChI is InChI=1S/C21H22N4O/c26-21-13-17(15-25(21)12-6-9-16-7-2-1-3-8-16)23-20-14-22-18-10-4-5-11-19(18)24-20/h1-5,7-8,10-11,14,17H,6,9,12-13,15H2,(H,23,24)/t17-/m0/s1. The van der Waals surface area contributed by atoms with Crippen LogP contribution in [0, 0.1) is 0 Å². The fourth-order valence-electron chi connectivity index (χ4n) is 3.44. The van der Waals surface area contributed by atoms with Crippen LogP contribution in [0.5, 0.6) is 0 Å². The van der Waals surface area contributed by atoms with Gasteiger partial charge in [-0.15, -0.1) is 0 Å². The van der Waals surface area contributed by atoms with E-state index in [-0.39, 0.29) is 11.9 Å². The zero-order valence-corrected chi connectivity index (χ0v) is 14.6. The molecule has 0 aliphatic carbocycles. The Hall–Kier alpha value is -2.95. The average molecular weight is 346 g/mol. The van der Waals surface area contributed by atoms with E-state index >= 15 is 0 Å². The highest BCUT2D eigenvalue weighted by atomic mass is 16.2. The first kappa shape index (κ1) is 16.5. The van der Waals surface area contributed by atoms with Gasteiger partial charge in [0.2, 0.25) is 5.91 Å². The number of hydrogen-bond acceptors (Lipinski definition) is 4. The number of aromatic nitrogens is 2. The monoisotopic (exact) mass is 346 g/mol. The number of aryl methyl sites for hydroxylation is 1. The van der Waals surface area contributed by atoms with Gasteiger partial charge in [-0.25, -0.2) is 4.98 Å². The maximum Gasteiger partial charge on any atom is 0.224 e. The molecule has 1 N–H and O–H groups in total. The lowest BCUT2D eigenvalue weighted by molar-refractivity contribution is -0.127. The number of rotatable bonds is 6. The Labute approximate surface area is 153 Å². The smallest absolute Gasteiger partial charge is 0.224 e. The number of nitrogens with one attached hydrogen (secondary N) is 1. The Morgan fingerprint density at radius 1 is 1.04 bits per heavy atom. The lowest BCUT2D eigenvalue weighted by Crippen LogP contribution is -2.29. The van der Waals surface area contributed by atoms with E-state index in [0.29, 0.717) is 6.42 Å². The van der Waals surface area contributed by atoms with Crippen LogP contribution in [0.4, 0.5) is 5.82 Å². The van der Waals surface area contributed by atoms with Crippen molar-refractivity contribution in [3.05, 3.63) is 66.4 Å². The largest absolute Gasteiger partial charge is 0.364 e. The van der Waals surface area contributed by atoms with Gasteiger partial charge in [0.05, 0.1) is 23.3 Å². The van der Waals surface area contributed by atoms with Gasteiger partial charge in [-0.3, -0.25) is 9.78 Å². The van der Waals surface area contributed by atoms with Gasteiger partial charge in [0.15, 0.2) is 0 Å². The average Bonchev–Trinajstić information content (AvgIpc) is 3.02. The molecule has 1 aromatic heterocycles. The fraction of sp³-hybridized carbons (Fsp3) is 0.286. The second-order valence-corrected chi connectivity index (χ2v) is 6.72. The Kier molecular flexibility index (Phi) is 4.78. The summed E-state index contributed by atoms with van der Waals surface area (Å²) < 4.78 is 0. The first-order valence-corrected chi connectivity index (χ1v) is 9.08. The zero-order chi connectivity index (χ0) is 17.8. The Morgan fingerprint density at radius 3 is 2.65 bits per heavy atom. The number of carbonyl (C=O) groups excluding carboxylic acids is 1. The van der Waals surface area contributed by atoms with Crippen LogP contribution < -0.4 is 5.32 Å². The molecule has 0 unspecified atom stereocenters. The number of para-hydroxylation sites is 2. The molecular weight excluding hydrogens is 324 g/mol. The van der Waals surface area contributed by atoms with Gasteiger partial charge < -0.3 is 10.2 Å². The van der Waals surface area contributed by atoms with Crippen molar-refractivity contribution in [1.29, 1.82) is 0 Å². The van der Waals surface area contributed by atoms with Crippen molar-refractivity contribution in [3.8, 4) is 0 Å². The van der Waals surface area contributed by atoms with Crippen molar-refractivity contribution >= 4 is 22.8 Å². The molecule has 132 valence electrons. The van der Waals surface area contributed by atoms with E-state index in [1.807, 2.05) is 35.2 Å². The van der Waals surface area contributed by atoms with Gasteiger partial charge in [0.1, 0.15) is 5.82 Å². The maximum absolute atomic E-state index is 12.3. The second kappa shape index (κ2) is 7.52. The van der Waals surface area contributed by atoms with E-state index in [1.165, 1.54) is 5.56 Å². The van der Waals surface area contributed by atoms with E-state index in [0.717, 1.165) is 42.8 Å². The van der Waals surface area contributed by atoms with E-state index in [9.17, 15) is 4.79 Å². The van der Waals surface area contributed by atoms with Gasteiger partial charge in [0, 0.05) is 19.5 Å². The minimum Gasteiger partial charge on any atom is -0.364 e. The summed E-state index contributed by atoms with van der Waals surface area (Å²) in [6.07, 6.45) is 4.24. The van der Waals surface area contributed by atoms with Crippen molar-refractivity contribution in [3.63, 3.8) is 0 Å². The van der Waals surface area contributed by atoms with Crippen LogP contribution >= 0.6 is 0 Å². The predicted octanol–water partition coefficient (Wildman–Crippen LogP) is 3.28. The molecule has 1 aliphatic heterocycles. The lowest BCUT2D eigenvalue weighted by atomic mass is 10.1. The third-order valence-corrected chi connectivity index (χ3v) is 4.75. The minimum atomic E-state index is 0.0923. The molecule has 5 nitrogen and oxygen atoms in total. The number of fused-ring (bicyclic) bond motifs is 1. The van der Waals surface area contributed by atoms with E-state index < -0.39 is 0 Å². The molecule has 4 rings (SSSR count). The number of likely N-dealkylation sites (tertiary alicyclic amines) is 1. The molecule has 5 heteroatoms. The van der Waals surface area contributed by atoms with Gasteiger partial charge >= 0.3 is 0 Å². The number of benzene rings is 2. The fourth-order valence-corrected chi connectivity index (χ4v) is 3.44. The number of amides is 1. The quantitative estimate of drug-likeness (QED) is 0.744. The summed E-state index contributed by atoms with van der Waals surface area (Å²) in [7, 11) is 0. The van der Waals surface area contributed by atoms with Gasteiger partial charge in [-0.05, 0) is 30.5 Å². The summed E-state index contributed by atoms with van der Waals surface area (Å²) >= 11 is 0. The molecule has 26 heavy (non-hydrogen) atoms. The van der Waals surface area contributed by atoms with Crippen LogP contribution in [0.15, 0.2) is 60.8 Å². The molecule has 1 fully saturated rings. The van der Waals surface area contributed by atoms with Gasteiger partial charge in [0.25, 0.3) is 0 Å². The van der Waals surface area contributed by atoms with Crippen LogP contribution in [0.1, 0.15) is 18.4 Å². The van der Waals surface area contributed by atoms with Crippen molar-refractivity contribution in [2.24, 2.45) is 0 Å². The number of anilines is 1. The topological polar surface area (TPSA) is 58.1 Å². The van der Waals surface area contributed by atoms with Crippen LogP contribution in [0.25, 0.3) is 11.0 Å². The molecule has 0 spiro atoms. The third-order valence-electron chi connectivity index (χ3n) is 4.75. The van der Waals surface area contributed by atoms with Gasteiger partial charge in [-0.2, -0.15) is 0 Å². The molecular formula is C21H22N4O. The summed E-state index contributed by atoms with van der Waals surface area (Å²) in [5.41, 5.74) is 3.06. The van der Waals surface area contributed by atoms with E-state index in [1.54, 1.807) is 6.20 Å². The van der Waals surface area contributed by atoms with Crippen LogP contribution in [0.2, 0.25) is 0 Å². The molecule has 0 bridgehead atoms. The minimum absolute atomic E-state index is 0.0923. The molecule has 0 saturated carbocycles. The van der Waals surface area contributed by atoms with Crippen LogP contribution in [-0.2, 0) is 11.2 Å². The zero-order valence-electron chi connectivity index (χ0n) is 14.6. The molecule has 3 aromatic rings. The normalized spacial score (nSPS) is 17.0. The van der Waals surface area contributed by atoms with E-state index in [2.05, 4.69) is 39.6 Å². The SMILES string of the molecule is O=C1C[C@H](Nc2cnc3ccccc3n2)CN1CCCc1ccccc1. The van der Waals surface area contributed by atoms with Crippen molar-refractivity contribution in [2.75, 3.05) is 18.4 Å². The first-order chi connectivity index (χ1) is 12.8. The van der Waals surface area contributed by atoms with Crippen molar-refractivity contribution in [1.82, 2.24) is 14.9 Å². The highest BCUT2D eigenvalue weighted by Gasteiger charge is 2.29. The maximum atomic E-state index is 12.3. The Bertz CT molecular complexity index is 897. The molecule has 2 aromatic carbocycles. The number of carbonyl (C=O) groups is 1. The van der Waals surface area contributed by atoms with Crippen LogP contribution in [-0.4, -0.2) is 39.9 Å². The summed E-state index contributed by atoms with van der Waals surface area (Å²) in [6, 6.07) is 18.3. The summed E-state index contributed by atoms with van der Waals surface area (Å²) in [4.78, 5) is 23.2. The lowest BCUT2D eigenvalue weighted by Gasteiger charge is -2.17. The molecule has 0 radical (unpaired) electrons. The number of hydrogen-bond donors (Lipinski definition) is 1. The van der Waals surface area contributed by atoms with Crippen molar-refractivity contribution < 1.29 is 4.79 Å². The Balaban J connectivity index is 1.32. The highest BCUT2D eigenvalue weighted by Crippen LogP contribution is 2.18. The summed E-state index contributed by atoms with van der Waals surface area (Å²) in [6.45, 7) is 1.53. The Morgan fingerprint density at radius 2 is 1.81 bits per heavy atom. The second-order valence-electron chi connectivity index (χ2n) is 6.72. The highest BCUT2D eigenvalue weighted by molar-refractivity contribution is 5.80. The molecule has 1 amide bonds. The molecule has 1 saturated heterocycles. The molecule has 1 atom stereocenters.